The van der Waals surface area contributed by atoms with Crippen LogP contribution in [0.4, 0.5) is 0 Å². The van der Waals surface area contributed by atoms with Crippen molar-refractivity contribution in [3.05, 3.63) is 11.1 Å². The molecule has 0 spiro atoms. The maximum atomic E-state index is 5.74. The Kier molecular flexibility index (Phi) is 1.59. The summed E-state index contributed by atoms with van der Waals surface area (Å²) in [6.07, 6.45) is 2.94. The molecular weight excluding hydrogens is 122 g/mol. The van der Waals surface area contributed by atoms with Gasteiger partial charge in [-0.3, -0.25) is 0 Å². The molecule has 2 unspecified atom stereocenters. The van der Waals surface area contributed by atoms with E-state index in [-0.39, 0.29) is 6.04 Å². The Hall–Kier alpha value is -0.0100. The smallest absolute Gasteiger partial charge is 0.0244 e. The van der Waals surface area contributed by atoms with Crippen molar-refractivity contribution in [3.63, 3.8) is 0 Å². The Bertz CT molecular complexity index is 120. The Balaban J connectivity index is 2.59. The van der Waals surface area contributed by atoms with Crippen molar-refractivity contribution in [2.24, 2.45) is 11.7 Å². The predicted molar refractivity (Wildman–Crippen MR) is 35.7 cm³/mol. The standard InChI is InChI=1S/C6H10ClN/c1-4-2-5(8)3-6(4)7/h3-5H,2,8H2,1H3. The normalized spacial score (nSPS) is 37.6. The van der Waals surface area contributed by atoms with Crippen molar-refractivity contribution in [3.8, 4) is 0 Å². The maximum absolute atomic E-state index is 5.74. The molecule has 8 heavy (non-hydrogen) atoms. The van der Waals surface area contributed by atoms with Gasteiger partial charge in [-0.1, -0.05) is 24.6 Å². The number of nitrogens with two attached hydrogens (primary N) is 1. The van der Waals surface area contributed by atoms with E-state index in [2.05, 4.69) is 6.92 Å². The van der Waals surface area contributed by atoms with Crippen LogP contribution in [0, 0.1) is 5.92 Å². The third kappa shape index (κ3) is 1.04. The summed E-state index contributed by atoms with van der Waals surface area (Å²) in [6.45, 7) is 2.09. The van der Waals surface area contributed by atoms with Crippen molar-refractivity contribution >= 4 is 11.6 Å². The molecule has 0 amide bonds. The van der Waals surface area contributed by atoms with Gasteiger partial charge in [-0.15, -0.1) is 0 Å². The maximum Gasteiger partial charge on any atom is 0.0244 e. The number of rotatable bonds is 0. The molecule has 0 bridgehead atoms. The van der Waals surface area contributed by atoms with Gasteiger partial charge in [-0.25, -0.2) is 0 Å². The molecule has 0 fully saturated rings. The third-order valence-corrected chi connectivity index (χ3v) is 1.97. The van der Waals surface area contributed by atoms with Gasteiger partial charge in [-0.2, -0.15) is 0 Å². The molecule has 0 saturated carbocycles. The van der Waals surface area contributed by atoms with E-state index in [4.69, 9.17) is 17.3 Å². The fraction of sp³-hybridized carbons (Fsp3) is 0.667. The van der Waals surface area contributed by atoms with E-state index in [0.717, 1.165) is 11.5 Å². The lowest BCUT2D eigenvalue weighted by atomic mass is 10.1. The quantitative estimate of drug-likeness (QED) is 0.530. The van der Waals surface area contributed by atoms with Crippen molar-refractivity contribution in [1.82, 2.24) is 0 Å². The van der Waals surface area contributed by atoms with Crippen LogP contribution in [0.5, 0.6) is 0 Å². The Morgan fingerprint density at radius 3 is 2.62 bits per heavy atom. The molecule has 1 nitrogen and oxygen atoms in total. The fourth-order valence-electron chi connectivity index (χ4n) is 0.958. The van der Waals surface area contributed by atoms with Gasteiger partial charge in [0.05, 0.1) is 0 Å². The van der Waals surface area contributed by atoms with Crippen molar-refractivity contribution in [1.29, 1.82) is 0 Å². The number of halogens is 1. The summed E-state index contributed by atoms with van der Waals surface area (Å²) in [7, 11) is 0. The van der Waals surface area contributed by atoms with Gasteiger partial charge in [0.2, 0.25) is 0 Å². The van der Waals surface area contributed by atoms with Crippen LogP contribution in [-0.2, 0) is 0 Å². The highest BCUT2D eigenvalue weighted by atomic mass is 35.5. The largest absolute Gasteiger partial charge is 0.324 e. The van der Waals surface area contributed by atoms with Crippen LogP contribution in [0.2, 0.25) is 0 Å². The van der Waals surface area contributed by atoms with E-state index < -0.39 is 0 Å². The molecule has 1 rings (SSSR count). The molecule has 1 aliphatic rings. The van der Waals surface area contributed by atoms with E-state index in [1.165, 1.54) is 0 Å². The molecule has 2 heteroatoms. The molecule has 2 N–H and O–H groups in total. The summed E-state index contributed by atoms with van der Waals surface area (Å²) >= 11 is 5.74. The van der Waals surface area contributed by atoms with Gasteiger partial charge < -0.3 is 5.73 Å². The van der Waals surface area contributed by atoms with Crippen LogP contribution in [-0.4, -0.2) is 6.04 Å². The van der Waals surface area contributed by atoms with Crippen LogP contribution in [0.25, 0.3) is 0 Å². The predicted octanol–water partition coefficient (Wildman–Crippen LogP) is 1.48. The van der Waals surface area contributed by atoms with Crippen molar-refractivity contribution in [2.75, 3.05) is 0 Å². The van der Waals surface area contributed by atoms with Crippen LogP contribution >= 0.6 is 11.6 Å². The van der Waals surface area contributed by atoms with Gasteiger partial charge in [0.1, 0.15) is 0 Å². The third-order valence-electron chi connectivity index (χ3n) is 1.47. The molecular formula is C6H10ClN. The molecule has 0 aliphatic heterocycles. The zero-order valence-corrected chi connectivity index (χ0v) is 5.65. The zero-order valence-electron chi connectivity index (χ0n) is 4.89. The topological polar surface area (TPSA) is 26.0 Å². The molecule has 0 radical (unpaired) electrons. The van der Waals surface area contributed by atoms with E-state index in [9.17, 15) is 0 Å². The van der Waals surface area contributed by atoms with E-state index >= 15 is 0 Å². The lowest BCUT2D eigenvalue weighted by Crippen LogP contribution is -2.13. The molecule has 0 aromatic rings. The second-order valence-electron chi connectivity index (χ2n) is 2.35. The fourth-order valence-corrected chi connectivity index (χ4v) is 1.21. The summed E-state index contributed by atoms with van der Waals surface area (Å²) in [6, 6.07) is 0.206. The van der Waals surface area contributed by atoms with Gasteiger partial charge in [0, 0.05) is 11.1 Å². The molecule has 0 aromatic heterocycles. The molecule has 2 atom stereocenters. The minimum atomic E-state index is 0.206. The zero-order chi connectivity index (χ0) is 6.15. The van der Waals surface area contributed by atoms with Gasteiger partial charge in [0.25, 0.3) is 0 Å². The van der Waals surface area contributed by atoms with Crippen LogP contribution < -0.4 is 5.73 Å². The number of allylic oxidation sites excluding steroid dienone is 1. The van der Waals surface area contributed by atoms with E-state index in [1.807, 2.05) is 6.08 Å². The first-order valence-electron chi connectivity index (χ1n) is 2.83. The van der Waals surface area contributed by atoms with Crippen LogP contribution in [0.15, 0.2) is 11.1 Å². The first-order valence-corrected chi connectivity index (χ1v) is 3.20. The molecule has 1 aliphatic carbocycles. The Morgan fingerprint density at radius 1 is 1.88 bits per heavy atom. The summed E-state index contributed by atoms with van der Waals surface area (Å²) in [4.78, 5) is 0. The summed E-state index contributed by atoms with van der Waals surface area (Å²) in [5.41, 5.74) is 5.55. The molecule has 0 aromatic carbocycles. The average Bonchev–Trinajstić information content (AvgIpc) is 1.85. The van der Waals surface area contributed by atoms with Crippen LogP contribution in [0.1, 0.15) is 13.3 Å². The number of hydrogen-bond donors (Lipinski definition) is 1. The summed E-state index contributed by atoms with van der Waals surface area (Å²) in [5, 5.41) is 0.928. The van der Waals surface area contributed by atoms with Gasteiger partial charge >= 0.3 is 0 Å². The lowest BCUT2D eigenvalue weighted by molar-refractivity contribution is 0.635. The molecule has 0 heterocycles. The molecule has 0 saturated heterocycles. The van der Waals surface area contributed by atoms with Crippen molar-refractivity contribution < 1.29 is 0 Å². The van der Waals surface area contributed by atoms with Gasteiger partial charge in [0.15, 0.2) is 0 Å². The minimum Gasteiger partial charge on any atom is -0.324 e. The van der Waals surface area contributed by atoms with E-state index in [1.54, 1.807) is 0 Å². The second-order valence-corrected chi connectivity index (χ2v) is 2.79. The Morgan fingerprint density at radius 2 is 2.50 bits per heavy atom. The highest BCUT2D eigenvalue weighted by Crippen LogP contribution is 2.26. The lowest BCUT2D eigenvalue weighted by Gasteiger charge is -2.00. The van der Waals surface area contributed by atoms with Crippen molar-refractivity contribution in [2.45, 2.75) is 19.4 Å². The first kappa shape index (κ1) is 6.12. The molecule has 46 valence electrons. The second kappa shape index (κ2) is 2.08. The van der Waals surface area contributed by atoms with Gasteiger partial charge in [-0.05, 0) is 12.3 Å². The monoisotopic (exact) mass is 131 g/mol. The average molecular weight is 132 g/mol. The highest BCUT2D eigenvalue weighted by molar-refractivity contribution is 6.30. The summed E-state index contributed by atoms with van der Waals surface area (Å²) in [5.74, 6) is 0.492. The highest BCUT2D eigenvalue weighted by Gasteiger charge is 2.17. The van der Waals surface area contributed by atoms with E-state index in [0.29, 0.717) is 5.92 Å². The Labute approximate surface area is 54.5 Å². The summed E-state index contributed by atoms with van der Waals surface area (Å²) < 4.78 is 0. The minimum absolute atomic E-state index is 0.206. The number of hydrogen-bond acceptors (Lipinski definition) is 1. The first-order chi connectivity index (χ1) is 3.70. The SMILES string of the molecule is CC1CC(N)C=C1Cl. The van der Waals surface area contributed by atoms with Crippen LogP contribution in [0.3, 0.4) is 0 Å².